The van der Waals surface area contributed by atoms with Crippen molar-refractivity contribution in [3.8, 4) is 17.2 Å². The second-order valence-electron chi connectivity index (χ2n) is 6.63. The number of nitro benzene ring substituents is 1. The smallest absolute Gasteiger partial charge is 0.269 e. The van der Waals surface area contributed by atoms with Crippen molar-refractivity contribution in [2.24, 2.45) is 0 Å². The first-order valence-electron chi connectivity index (χ1n) is 9.69. The summed E-state index contributed by atoms with van der Waals surface area (Å²) in [4.78, 5) is 10.3. The number of nitrogens with one attached hydrogen (secondary N) is 1. The number of non-ortho nitro benzene ring substituents is 1. The predicted octanol–water partition coefficient (Wildman–Crippen LogP) is 5.85. The number of methoxy groups -OCH3 is 1. The van der Waals surface area contributed by atoms with Gasteiger partial charge in [-0.1, -0.05) is 11.6 Å². The Bertz CT molecular complexity index is 1020. The Kier molecular flexibility index (Phi) is 7.56. The number of rotatable bonds is 10. The third-order valence-electron chi connectivity index (χ3n) is 4.49. The van der Waals surface area contributed by atoms with Crippen LogP contribution >= 0.6 is 11.6 Å². The third kappa shape index (κ3) is 6.02. The maximum Gasteiger partial charge on any atom is 0.269 e. The van der Waals surface area contributed by atoms with E-state index in [1.807, 2.05) is 43.3 Å². The highest BCUT2D eigenvalue weighted by atomic mass is 35.5. The Balaban J connectivity index is 1.70. The van der Waals surface area contributed by atoms with E-state index in [1.165, 1.54) is 12.1 Å². The van der Waals surface area contributed by atoms with E-state index in [-0.39, 0.29) is 12.3 Å². The highest BCUT2D eigenvalue weighted by Gasteiger charge is 2.14. The first-order chi connectivity index (χ1) is 15.0. The molecule has 0 aliphatic rings. The zero-order chi connectivity index (χ0) is 22.2. The van der Waals surface area contributed by atoms with E-state index in [2.05, 4.69) is 5.32 Å². The van der Waals surface area contributed by atoms with Crippen molar-refractivity contribution in [3.05, 3.63) is 86.9 Å². The molecule has 3 rings (SSSR count). The van der Waals surface area contributed by atoms with Gasteiger partial charge in [0, 0.05) is 24.4 Å². The maximum absolute atomic E-state index is 10.8. The van der Waals surface area contributed by atoms with E-state index in [0.29, 0.717) is 29.7 Å². The Morgan fingerprint density at radius 2 is 1.71 bits per heavy atom. The molecule has 0 atom stereocenters. The molecule has 3 aromatic rings. The molecule has 0 bridgehead atoms. The first-order valence-corrected chi connectivity index (χ1v) is 10.1. The summed E-state index contributed by atoms with van der Waals surface area (Å²) in [6, 6.07) is 17.5. The number of hydrogen-bond donors (Lipinski definition) is 1. The van der Waals surface area contributed by atoms with Crippen LogP contribution in [-0.4, -0.2) is 18.6 Å². The lowest BCUT2D eigenvalue weighted by Crippen LogP contribution is -2.04. The molecule has 0 aliphatic heterocycles. The van der Waals surface area contributed by atoms with Crippen LogP contribution in [0, 0.1) is 10.1 Å². The summed E-state index contributed by atoms with van der Waals surface area (Å²) >= 11 is 6.49. The molecule has 8 heteroatoms. The summed E-state index contributed by atoms with van der Waals surface area (Å²) in [5.41, 5.74) is 2.71. The maximum atomic E-state index is 10.8. The van der Waals surface area contributed by atoms with Gasteiger partial charge in [-0.2, -0.15) is 0 Å². The van der Waals surface area contributed by atoms with Crippen molar-refractivity contribution < 1.29 is 19.1 Å². The Morgan fingerprint density at radius 3 is 2.32 bits per heavy atom. The summed E-state index contributed by atoms with van der Waals surface area (Å²) in [7, 11) is 1.63. The normalized spacial score (nSPS) is 10.4. The molecule has 0 spiro atoms. The molecule has 0 radical (unpaired) electrons. The zero-order valence-corrected chi connectivity index (χ0v) is 18.0. The lowest BCUT2D eigenvalue weighted by atomic mass is 10.2. The van der Waals surface area contributed by atoms with Gasteiger partial charge in [0.05, 0.1) is 23.7 Å². The van der Waals surface area contributed by atoms with Gasteiger partial charge in [-0.3, -0.25) is 10.1 Å². The first kappa shape index (κ1) is 22.2. The molecule has 0 saturated carbocycles. The minimum absolute atomic E-state index is 0.0329. The Morgan fingerprint density at radius 1 is 1.00 bits per heavy atom. The van der Waals surface area contributed by atoms with Gasteiger partial charge in [-0.05, 0) is 66.6 Å². The van der Waals surface area contributed by atoms with Crippen molar-refractivity contribution in [2.45, 2.75) is 20.1 Å². The minimum atomic E-state index is -0.437. The van der Waals surface area contributed by atoms with E-state index in [9.17, 15) is 10.1 Å². The summed E-state index contributed by atoms with van der Waals surface area (Å²) < 4.78 is 16.8. The van der Waals surface area contributed by atoms with E-state index in [4.69, 9.17) is 25.8 Å². The molecule has 0 aromatic heterocycles. The summed E-state index contributed by atoms with van der Waals surface area (Å²) in [5, 5.41) is 14.6. The van der Waals surface area contributed by atoms with Crippen LogP contribution in [0.4, 0.5) is 11.4 Å². The summed E-state index contributed by atoms with van der Waals surface area (Å²) in [5.74, 6) is 1.78. The second-order valence-corrected chi connectivity index (χ2v) is 7.04. The molecule has 0 fully saturated rings. The molecular weight excluding hydrogens is 420 g/mol. The number of hydrogen-bond acceptors (Lipinski definition) is 6. The van der Waals surface area contributed by atoms with E-state index in [1.54, 1.807) is 19.2 Å². The largest absolute Gasteiger partial charge is 0.497 e. The van der Waals surface area contributed by atoms with E-state index >= 15 is 0 Å². The topological polar surface area (TPSA) is 82.9 Å². The zero-order valence-electron chi connectivity index (χ0n) is 17.3. The van der Waals surface area contributed by atoms with Gasteiger partial charge in [-0.15, -0.1) is 0 Å². The number of nitrogens with zero attached hydrogens (tertiary/aromatic N) is 1. The fourth-order valence-corrected chi connectivity index (χ4v) is 3.20. The SMILES string of the molecule is CCOc1cc(CNc2ccc(OC)cc2)cc(Cl)c1OCc1ccc([N+](=O)[O-])cc1. The molecular formula is C23H23ClN2O5. The molecule has 31 heavy (non-hydrogen) atoms. The molecule has 7 nitrogen and oxygen atoms in total. The fraction of sp³-hybridized carbons (Fsp3) is 0.217. The standard InChI is InChI=1S/C23H23ClN2O5/c1-3-30-22-13-17(14-25-18-6-10-20(29-2)11-7-18)12-21(24)23(22)31-15-16-4-8-19(9-5-16)26(27)28/h4-13,25H,3,14-15H2,1-2H3. The lowest BCUT2D eigenvalue weighted by molar-refractivity contribution is -0.384. The van der Waals surface area contributed by atoms with Gasteiger partial charge in [0.25, 0.3) is 5.69 Å². The molecule has 0 amide bonds. The summed E-state index contributed by atoms with van der Waals surface area (Å²) in [6.07, 6.45) is 0. The van der Waals surface area contributed by atoms with Gasteiger partial charge in [0.15, 0.2) is 11.5 Å². The van der Waals surface area contributed by atoms with Crippen LogP contribution < -0.4 is 19.5 Å². The van der Waals surface area contributed by atoms with Crippen LogP contribution in [0.25, 0.3) is 0 Å². The molecule has 3 aromatic carbocycles. The van der Waals surface area contributed by atoms with Crippen molar-refractivity contribution in [3.63, 3.8) is 0 Å². The summed E-state index contributed by atoms with van der Waals surface area (Å²) in [6.45, 7) is 3.10. The molecule has 0 saturated heterocycles. The van der Waals surface area contributed by atoms with Gasteiger partial charge < -0.3 is 19.5 Å². The van der Waals surface area contributed by atoms with Crippen LogP contribution in [0.1, 0.15) is 18.1 Å². The van der Waals surface area contributed by atoms with E-state index < -0.39 is 4.92 Å². The quantitative estimate of drug-likeness (QED) is 0.313. The van der Waals surface area contributed by atoms with E-state index in [0.717, 1.165) is 22.6 Å². The van der Waals surface area contributed by atoms with Crippen molar-refractivity contribution in [1.29, 1.82) is 0 Å². The van der Waals surface area contributed by atoms with Gasteiger partial charge >= 0.3 is 0 Å². The third-order valence-corrected chi connectivity index (χ3v) is 4.77. The molecule has 0 heterocycles. The molecule has 0 unspecified atom stereocenters. The van der Waals surface area contributed by atoms with Crippen LogP contribution in [0.15, 0.2) is 60.7 Å². The van der Waals surface area contributed by atoms with Crippen LogP contribution in [0.5, 0.6) is 17.2 Å². The fourth-order valence-electron chi connectivity index (χ4n) is 2.91. The number of halogens is 1. The minimum Gasteiger partial charge on any atom is -0.497 e. The van der Waals surface area contributed by atoms with Crippen molar-refractivity contribution in [1.82, 2.24) is 0 Å². The number of benzene rings is 3. The predicted molar refractivity (Wildman–Crippen MR) is 120 cm³/mol. The molecule has 1 N–H and O–H groups in total. The second kappa shape index (κ2) is 10.5. The Hall–Kier alpha value is -3.45. The highest BCUT2D eigenvalue weighted by Crippen LogP contribution is 2.37. The average Bonchev–Trinajstić information content (AvgIpc) is 2.78. The number of anilines is 1. The van der Waals surface area contributed by atoms with Crippen molar-refractivity contribution in [2.75, 3.05) is 19.0 Å². The number of nitro groups is 1. The highest BCUT2D eigenvalue weighted by molar-refractivity contribution is 6.32. The van der Waals surface area contributed by atoms with Gasteiger partial charge in [0.1, 0.15) is 12.4 Å². The average molecular weight is 443 g/mol. The van der Waals surface area contributed by atoms with Crippen LogP contribution in [0.2, 0.25) is 5.02 Å². The van der Waals surface area contributed by atoms with Crippen LogP contribution in [-0.2, 0) is 13.2 Å². The van der Waals surface area contributed by atoms with Crippen LogP contribution in [0.3, 0.4) is 0 Å². The van der Waals surface area contributed by atoms with Gasteiger partial charge in [0.2, 0.25) is 0 Å². The monoisotopic (exact) mass is 442 g/mol. The van der Waals surface area contributed by atoms with Gasteiger partial charge in [-0.25, -0.2) is 0 Å². The number of ether oxygens (including phenoxy) is 3. The molecule has 162 valence electrons. The lowest BCUT2D eigenvalue weighted by Gasteiger charge is -2.16. The van der Waals surface area contributed by atoms with Crippen molar-refractivity contribution >= 4 is 23.0 Å². The molecule has 0 aliphatic carbocycles. The Labute approximate surface area is 185 Å².